The first-order valence-corrected chi connectivity index (χ1v) is 3.86. The molecule has 0 aliphatic rings. The molecule has 7 heteroatoms. The van der Waals surface area contributed by atoms with Gasteiger partial charge < -0.3 is 30.3 Å². The average molecular weight is 210 g/mol. The molecule has 84 valence electrons. The number of aliphatic hydroxyl groups is 4. The van der Waals surface area contributed by atoms with Crippen LogP contribution in [0.25, 0.3) is 0 Å². The van der Waals surface area contributed by atoms with Crippen molar-refractivity contribution >= 4 is 5.97 Å². The van der Waals surface area contributed by atoms with E-state index in [0.29, 0.717) is 0 Å². The van der Waals surface area contributed by atoms with E-state index in [4.69, 9.17) is 20.4 Å². The quantitative estimate of drug-likeness (QED) is 0.319. The summed E-state index contributed by atoms with van der Waals surface area (Å²) in [4.78, 5) is 10.3. The third-order valence-electron chi connectivity index (χ3n) is 1.75. The number of aliphatic hydroxyl groups excluding tert-OH is 4. The Balaban J connectivity index is 4.44. The van der Waals surface area contributed by atoms with Gasteiger partial charge in [0.2, 0.25) is 0 Å². The second kappa shape index (κ2) is 5.89. The molecule has 0 aromatic heterocycles. The number of carboxylic acid groups (broad SMARTS) is 1. The van der Waals surface area contributed by atoms with Crippen molar-refractivity contribution in [1.29, 1.82) is 0 Å². The minimum atomic E-state index is -2.07. The molecule has 0 aliphatic carbocycles. The summed E-state index contributed by atoms with van der Waals surface area (Å²) in [6.07, 6.45) is -6.68. The summed E-state index contributed by atoms with van der Waals surface area (Å²) >= 11 is 0. The Morgan fingerprint density at radius 1 is 1.36 bits per heavy atom. The largest absolute Gasteiger partial charge is 0.479 e. The summed E-state index contributed by atoms with van der Waals surface area (Å²) in [5.74, 6) is -1.63. The van der Waals surface area contributed by atoms with Gasteiger partial charge in [-0.05, 0) is 0 Å². The van der Waals surface area contributed by atoms with Gasteiger partial charge in [0.25, 0.3) is 0 Å². The van der Waals surface area contributed by atoms with Gasteiger partial charge in [-0.25, -0.2) is 4.79 Å². The minimum Gasteiger partial charge on any atom is -0.479 e. The Morgan fingerprint density at radius 3 is 2.14 bits per heavy atom. The van der Waals surface area contributed by atoms with Crippen LogP contribution in [0.3, 0.4) is 0 Å². The molecule has 0 rings (SSSR count). The van der Waals surface area contributed by atoms with Crippen LogP contribution in [-0.2, 0) is 9.53 Å². The second-order valence-corrected chi connectivity index (χ2v) is 2.72. The van der Waals surface area contributed by atoms with Crippen LogP contribution in [-0.4, -0.2) is 69.6 Å². The van der Waals surface area contributed by atoms with Gasteiger partial charge in [-0.3, -0.25) is 0 Å². The molecule has 0 aromatic carbocycles. The van der Waals surface area contributed by atoms with Crippen LogP contribution >= 0.6 is 0 Å². The fourth-order valence-electron chi connectivity index (χ4n) is 0.954. The highest BCUT2D eigenvalue weighted by molar-refractivity contribution is 5.72. The number of aliphatic carboxylic acids is 1. The van der Waals surface area contributed by atoms with Crippen LogP contribution in [0.5, 0.6) is 0 Å². The van der Waals surface area contributed by atoms with E-state index in [0.717, 1.165) is 7.11 Å². The standard InChI is InChI=1S/C7H14O7/c1-14-6(3(9)2-8)4(10)5(11)7(12)13/h3-6,8-11H,2H2,1H3,(H,12,13)/t3-,4-,5+,6-/m1/s1. The smallest absolute Gasteiger partial charge is 0.335 e. The molecule has 0 aromatic rings. The van der Waals surface area contributed by atoms with Gasteiger partial charge in [0.05, 0.1) is 6.61 Å². The minimum absolute atomic E-state index is 0.706. The number of ether oxygens (including phenoxy) is 1. The topological polar surface area (TPSA) is 127 Å². The van der Waals surface area contributed by atoms with Crippen molar-refractivity contribution in [2.45, 2.75) is 24.4 Å². The van der Waals surface area contributed by atoms with Crippen LogP contribution in [0.15, 0.2) is 0 Å². The summed E-state index contributed by atoms with van der Waals surface area (Å²) in [5, 5.41) is 44.1. The van der Waals surface area contributed by atoms with Crippen molar-refractivity contribution in [2.75, 3.05) is 13.7 Å². The molecule has 7 nitrogen and oxygen atoms in total. The molecule has 0 radical (unpaired) electrons. The van der Waals surface area contributed by atoms with Gasteiger partial charge in [-0.1, -0.05) is 0 Å². The number of methoxy groups -OCH3 is 1. The van der Waals surface area contributed by atoms with Crippen molar-refractivity contribution in [3.05, 3.63) is 0 Å². The molecule has 0 fully saturated rings. The Kier molecular flexibility index (Phi) is 5.58. The van der Waals surface area contributed by atoms with E-state index in [2.05, 4.69) is 4.74 Å². The predicted molar refractivity (Wildman–Crippen MR) is 43.5 cm³/mol. The van der Waals surface area contributed by atoms with Crippen LogP contribution in [0.1, 0.15) is 0 Å². The first kappa shape index (κ1) is 13.3. The zero-order chi connectivity index (χ0) is 11.3. The highest BCUT2D eigenvalue weighted by atomic mass is 16.5. The van der Waals surface area contributed by atoms with Crippen molar-refractivity contribution in [3.8, 4) is 0 Å². The van der Waals surface area contributed by atoms with E-state index in [1.54, 1.807) is 0 Å². The molecule has 0 spiro atoms. The van der Waals surface area contributed by atoms with Crippen molar-refractivity contribution in [3.63, 3.8) is 0 Å². The third-order valence-corrected chi connectivity index (χ3v) is 1.75. The molecular formula is C7H14O7. The molecule has 0 heterocycles. The molecule has 5 N–H and O–H groups in total. The molecule has 0 amide bonds. The average Bonchev–Trinajstić information content (AvgIpc) is 2.16. The van der Waals surface area contributed by atoms with Gasteiger partial charge in [-0.2, -0.15) is 0 Å². The number of carbonyl (C=O) groups is 1. The van der Waals surface area contributed by atoms with Gasteiger partial charge in [-0.15, -0.1) is 0 Å². The van der Waals surface area contributed by atoms with E-state index < -0.39 is 37.0 Å². The Bertz CT molecular complexity index is 183. The summed E-state index contributed by atoms with van der Waals surface area (Å²) in [7, 11) is 1.11. The van der Waals surface area contributed by atoms with E-state index in [1.165, 1.54) is 0 Å². The lowest BCUT2D eigenvalue weighted by molar-refractivity contribution is -0.167. The molecule has 14 heavy (non-hydrogen) atoms. The molecule has 0 saturated carbocycles. The zero-order valence-corrected chi connectivity index (χ0v) is 7.57. The zero-order valence-electron chi connectivity index (χ0n) is 7.57. The van der Waals surface area contributed by atoms with Crippen LogP contribution in [0.2, 0.25) is 0 Å². The van der Waals surface area contributed by atoms with Gasteiger partial charge in [0.15, 0.2) is 6.10 Å². The van der Waals surface area contributed by atoms with E-state index in [-0.39, 0.29) is 0 Å². The highest BCUT2D eigenvalue weighted by Gasteiger charge is 2.35. The monoisotopic (exact) mass is 210 g/mol. The third kappa shape index (κ3) is 3.20. The summed E-state index contributed by atoms with van der Waals surface area (Å²) in [6, 6.07) is 0. The Hall–Kier alpha value is -0.730. The SMILES string of the molecule is CO[C@@H]([C@H](O)[C@H](O)C(=O)O)[C@H](O)CO. The molecule has 4 atom stereocenters. The fourth-order valence-corrected chi connectivity index (χ4v) is 0.954. The van der Waals surface area contributed by atoms with Crippen LogP contribution in [0.4, 0.5) is 0 Å². The maximum absolute atomic E-state index is 10.3. The molecule has 0 unspecified atom stereocenters. The van der Waals surface area contributed by atoms with Gasteiger partial charge in [0, 0.05) is 7.11 Å². The molecule has 0 bridgehead atoms. The Morgan fingerprint density at radius 2 is 1.86 bits per heavy atom. The number of hydrogen-bond acceptors (Lipinski definition) is 6. The lowest BCUT2D eigenvalue weighted by atomic mass is 10.0. The first-order chi connectivity index (χ1) is 6.45. The van der Waals surface area contributed by atoms with Crippen molar-refractivity contribution < 1.29 is 35.1 Å². The van der Waals surface area contributed by atoms with E-state index in [1.807, 2.05) is 0 Å². The maximum atomic E-state index is 10.3. The van der Waals surface area contributed by atoms with Gasteiger partial charge >= 0.3 is 5.97 Å². The lowest BCUT2D eigenvalue weighted by Gasteiger charge is -2.26. The first-order valence-electron chi connectivity index (χ1n) is 3.86. The normalized spacial score (nSPS) is 19.8. The van der Waals surface area contributed by atoms with Crippen LogP contribution in [0, 0.1) is 0 Å². The maximum Gasteiger partial charge on any atom is 0.335 e. The van der Waals surface area contributed by atoms with E-state index in [9.17, 15) is 9.90 Å². The number of hydrogen-bond donors (Lipinski definition) is 5. The number of carboxylic acids is 1. The molecule has 0 saturated heterocycles. The molecule has 0 aliphatic heterocycles. The lowest BCUT2D eigenvalue weighted by Crippen LogP contribution is -2.49. The van der Waals surface area contributed by atoms with Crippen molar-refractivity contribution in [1.82, 2.24) is 0 Å². The summed E-state index contributed by atoms with van der Waals surface area (Å²) < 4.78 is 4.55. The fraction of sp³-hybridized carbons (Fsp3) is 0.857. The van der Waals surface area contributed by atoms with Crippen molar-refractivity contribution in [2.24, 2.45) is 0 Å². The van der Waals surface area contributed by atoms with Crippen LogP contribution < -0.4 is 0 Å². The van der Waals surface area contributed by atoms with Gasteiger partial charge in [0.1, 0.15) is 18.3 Å². The Labute approximate surface area is 80.2 Å². The highest BCUT2D eigenvalue weighted by Crippen LogP contribution is 2.08. The predicted octanol–water partition coefficient (Wildman–Crippen LogP) is -2.84. The number of rotatable bonds is 6. The summed E-state index contributed by atoms with van der Waals surface area (Å²) in [6.45, 7) is -0.706. The summed E-state index contributed by atoms with van der Waals surface area (Å²) in [5.41, 5.74) is 0. The van der Waals surface area contributed by atoms with E-state index >= 15 is 0 Å². The second-order valence-electron chi connectivity index (χ2n) is 2.72. The molecular weight excluding hydrogens is 196 g/mol.